The zero-order chi connectivity index (χ0) is 17.3. The summed E-state index contributed by atoms with van der Waals surface area (Å²) in [5.41, 5.74) is -5.07. The van der Waals surface area contributed by atoms with Gasteiger partial charge in [0.05, 0.1) is 0 Å². The molecule has 0 spiro atoms. The van der Waals surface area contributed by atoms with Crippen LogP contribution in [0.4, 0.5) is 26.3 Å². The molecule has 0 amide bonds. The van der Waals surface area contributed by atoms with Crippen LogP contribution >= 0.6 is 0 Å². The van der Waals surface area contributed by atoms with Crippen molar-refractivity contribution in [1.29, 1.82) is 0 Å². The molecule has 0 aromatic rings. The topological polar surface area (TPSA) is 20.2 Å². The largest absolute Gasteiger partial charge is 0.426 e. The molecular formula is C16H22F6O. The van der Waals surface area contributed by atoms with Gasteiger partial charge in [-0.3, -0.25) is 0 Å². The molecule has 1 nitrogen and oxygen atoms in total. The van der Waals surface area contributed by atoms with Crippen molar-refractivity contribution in [2.45, 2.75) is 69.8 Å². The number of halogens is 6. The SMILES string of the molecule is CC(CC(O)(C(F)(F)F)C(F)(F)F)C12CC3CC(CC(C3)C1)C2. The van der Waals surface area contributed by atoms with Crippen molar-refractivity contribution in [2.75, 3.05) is 0 Å². The maximum atomic E-state index is 13.0. The summed E-state index contributed by atoms with van der Waals surface area (Å²) in [6.07, 6.45) is -7.36. The Morgan fingerprint density at radius 3 is 1.52 bits per heavy atom. The Morgan fingerprint density at radius 1 is 0.870 bits per heavy atom. The van der Waals surface area contributed by atoms with Crippen LogP contribution in [0.2, 0.25) is 0 Å². The first-order valence-electron chi connectivity index (χ1n) is 8.22. The third-order valence-electron chi connectivity index (χ3n) is 6.67. The van der Waals surface area contributed by atoms with E-state index in [4.69, 9.17) is 0 Å². The van der Waals surface area contributed by atoms with Crippen molar-refractivity contribution < 1.29 is 31.4 Å². The molecule has 4 aliphatic carbocycles. The molecule has 4 rings (SSSR count). The van der Waals surface area contributed by atoms with Crippen LogP contribution in [0.3, 0.4) is 0 Å². The van der Waals surface area contributed by atoms with E-state index < -0.39 is 35.7 Å². The molecule has 4 bridgehead atoms. The van der Waals surface area contributed by atoms with Gasteiger partial charge in [0.25, 0.3) is 5.60 Å². The fourth-order valence-electron chi connectivity index (χ4n) is 5.83. The average molecular weight is 344 g/mol. The van der Waals surface area contributed by atoms with Crippen LogP contribution in [0.1, 0.15) is 51.9 Å². The summed E-state index contributed by atoms with van der Waals surface area (Å²) >= 11 is 0. The lowest BCUT2D eigenvalue weighted by atomic mass is 9.46. The van der Waals surface area contributed by atoms with Gasteiger partial charge in [-0.15, -0.1) is 0 Å². The van der Waals surface area contributed by atoms with Crippen molar-refractivity contribution in [2.24, 2.45) is 29.1 Å². The van der Waals surface area contributed by atoms with Crippen LogP contribution in [-0.4, -0.2) is 23.1 Å². The maximum Gasteiger partial charge on any atom is 0.426 e. The fraction of sp³-hybridized carbons (Fsp3) is 1.00. The van der Waals surface area contributed by atoms with Crippen molar-refractivity contribution in [3.8, 4) is 0 Å². The molecule has 0 radical (unpaired) electrons. The molecule has 134 valence electrons. The predicted octanol–water partition coefficient (Wildman–Crippen LogP) is 5.08. The van der Waals surface area contributed by atoms with Gasteiger partial charge >= 0.3 is 12.4 Å². The maximum absolute atomic E-state index is 13.0. The number of hydrogen-bond donors (Lipinski definition) is 1. The van der Waals surface area contributed by atoms with E-state index in [9.17, 15) is 31.4 Å². The fourth-order valence-corrected chi connectivity index (χ4v) is 5.83. The number of alkyl halides is 6. The highest BCUT2D eigenvalue weighted by Gasteiger charge is 2.71. The van der Waals surface area contributed by atoms with Crippen molar-refractivity contribution in [1.82, 2.24) is 0 Å². The minimum absolute atomic E-state index is 0.438. The molecular weight excluding hydrogens is 322 g/mol. The molecule has 23 heavy (non-hydrogen) atoms. The summed E-state index contributed by atoms with van der Waals surface area (Å²) in [6, 6.07) is 0. The normalized spacial score (nSPS) is 38.9. The predicted molar refractivity (Wildman–Crippen MR) is 71.4 cm³/mol. The number of hydrogen-bond acceptors (Lipinski definition) is 1. The summed E-state index contributed by atoms with van der Waals surface area (Å²) in [5.74, 6) is 0.514. The van der Waals surface area contributed by atoms with Crippen LogP contribution in [0, 0.1) is 29.1 Å². The average Bonchev–Trinajstić information content (AvgIpc) is 2.34. The van der Waals surface area contributed by atoms with Crippen molar-refractivity contribution in [3.63, 3.8) is 0 Å². The molecule has 0 aromatic heterocycles. The Labute approximate surface area is 131 Å². The third-order valence-corrected chi connectivity index (χ3v) is 6.67. The molecule has 0 heterocycles. The summed E-state index contributed by atoms with van der Waals surface area (Å²) in [5, 5.41) is 9.51. The lowest BCUT2D eigenvalue weighted by Crippen LogP contribution is -2.59. The zero-order valence-electron chi connectivity index (χ0n) is 13.0. The van der Waals surface area contributed by atoms with Gasteiger partial charge in [0.1, 0.15) is 0 Å². The Kier molecular flexibility index (Phi) is 3.79. The number of rotatable bonds is 3. The van der Waals surface area contributed by atoms with E-state index in [0.717, 1.165) is 19.3 Å². The standard InChI is InChI=1S/C16H22F6O/c1-9(5-14(23,15(17,18)19)16(20,21)22)13-6-10-2-11(7-13)4-12(3-10)8-13/h9-12,23H,2-8H2,1H3. The first-order chi connectivity index (χ1) is 10.4. The second-order valence-corrected chi connectivity index (χ2v) is 8.24. The van der Waals surface area contributed by atoms with Crippen molar-refractivity contribution >= 4 is 0 Å². The smallest absolute Gasteiger partial charge is 0.374 e. The van der Waals surface area contributed by atoms with E-state index in [-0.39, 0.29) is 0 Å². The van der Waals surface area contributed by atoms with Gasteiger partial charge in [0.15, 0.2) is 0 Å². The Balaban J connectivity index is 1.84. The van der Waals surface area contributed by atoms with Crippen LogP contribution in [0.25, 0.3) is 0 Å². The van der Waals surface area contributed by atoms with E-state index in [1.165, 1.54) is 6.92 Å². The number of aliphatic hydroxyl groups is 1. The molecule has 7 heteroatoms. The second kappa shape index (κ2) is 5.02. The van der Waals surface area contributed by atoms with E-state index in [1.54, 1.807) is 0 Å². The first-order valence-corrected chi connectivity index (χ1v) is 8.22. The molecule has 1 unspecified atom stereocenters. The summed E-state index contributed by atoms with van der Waals surface area (Å²) in [6.45, 7) is 1.47. The molecule has 1 N–H and O–H groups in total. The van der Waals surface area contributed by atoms with Gasteiger partial charge in [-0.1, -0.05) is 6.92 Å². The minimum Gasteiger partial charge on any atom is -0.374 e. The van der Waals surface area contributed by atoms with Crippen LogP contribution in [-0.2, 0) is 0 Å². The van der Waals surface area contributed by atoms with Gasteiger partial charge in [0, 0.05) is 0 Å². The van der Waals surface area contributed by atoms with E-state index in [2.05, 4.69) is 0 Å². The molecule has 4 aliphatic rings. The van der Waals surface area contributed by atoms with Crippen molar-refractivity contribution in [3.05, 3.63) is 0 Å². The highest BCUT2D eigenvalue weighted by atomic mass is 19.4. The zero-order valence-corrected chi connectivity index (χ0v) is 13.0. The van der Waals surface area contributed by atoms with Gasteiger partial charge in [-0.05, 0) is 74.0 Å². The molecule has 0 aromatic carbocycles. The Bertz CT molecular complexity index is 417. The lowest BCUT2D eigenvalue weighted by molar-refractivity contribution is -0.374. The van der Waals surface area contributed by atoms with Crippen LogP contribution in [0.5, 0.6) is 0 Å². The highest BCUT2D eigenvalue weighted by molar-refractivity contribution is 5.06. The van der Waals surface area contributed by atoms with Crippen LogP contribution in [0.15, 0.2) is 0 Å². The summed E-state index contributed by atoms with van der Waals surface area (Å²) < 4.78 is 77.8. The first kappa shape index (κ1) is 17.4. The van der Waals surface area contributed by atoms with E-state index >= 15 is 0 Å². The van der Waals surface area contributed by atoms with Gasteiger partial charge in [-0.25, -0.2) is 0 Å². The molecule has 0 saturated heterocycles. The minimum atomic E-state index is -5.71. The Hall–Kier alpha value is -0.460. The highest BCUT2D eigenvalue weighted by Crippen LogP contribution is 2.64. The van der Waals surface area contributed by atoms with Gasteiger partial charge < -0.3 is 5.11 Å². The monoisotopic (exact) mass is 344 g/mol. The molecule has 0 aliphatic heterocycles. The molecule has 4 saturated carbocycles. The second-order valence-electron chi connectivity index (χ2n) is 8.24. The molecule has 4 fully saturated rings. The quantitative estimate of drug-likeness (QED) is 0.708. The summed E-state index contributed by atoms with van der Waals surface area (Å²) in [7, 11) is 0. The van der Waals surface area contributed by atoms with E-state index in [0.29, 0.717) is 37.0 Å². The van der Waals surface area contributed by atoms with Crippen LogP contribution < -0.4 is 0 Å². The summed E-state index contributed by atoms with van der Waals surface area (Å²) in [4.78, 5) is 0. The van der Waals surface area contributed by atoms with Gasteiger partial charge in [0.2, 0.25) is 0 Å². The molecule has 1 atom stereocenters. The van der Waals surface area contributed by atoms with E-state index in [1.807, 2.05) is 0 Å². The Morgan fingerprint density at radius 2 is 1.22 bits per heavy atom. The third kappa shape index (κ3) is 2.67. The lowest BCUT2D eigenvalue weighted by Gasteiger charge is -2.59. The van der Waals surface area contributed by atoms with Gasteiger partial charge in [-0.2, -0.15) is 26.3 Å².